The van der Waals surface area contributed by atoms with E-state index < -0.39 is 5.91 Å². The van der Waals surface area contributed by atoms with Gasteiger partial charge in [0, 0.05) is 10.4 Å². The molecule has 3 rings (SSSR count). The molecule has 0 fully saturated rings. The number of anilines is 1. The first-order chi connectivity index (χ1) is 14.8. The van der Waals surface area contributed by atoms with Crippen LogP contribution < -0.4 is 16.4 Å². The van der Waals surface area contributed by atoms with Crippen molar-refractivity contribution >= 4 is 45.5 Å². The van der Waals surface area contributed by atoms with E-state index in [1.165, 1.54) is 16.2 Å². The molecule has 1 atom stereocenters. The van der Waals surface area contributed by atoms with E-state index in [2.05, 4.69) is 52.2 Å². The van der Waals surface area contributed by atoms with Crippen molar-refractivity contribution in [1.82, 2.24) is 5.32 Å². The van der Waals surface area contributed by atoms with Crippen molar-refractivity contribution in [3.8, 4) is 0 Å². The van der Waals surface area contributed by atoms with Gasteiger partial charge in [-0.15, -0.1) is 11.3 Å². The van der Waals surface area contributed by atoms with Crippen molar-refractivity contribution in [3.63, 3.8) is 0 Å². The maximum atomic E-state index is 12.6. The van der Waals surface area contributed by atoms with Gasteiger partial charge in [-0.1, -0.05) is 53.7 Å². The van der Waals surface area contributed by atoms with Crippen LogP contribution in [0.5, 0.6) is 0 Å². The van der Waals surface area contributed by atoms with E-state index in [1.807, 2.05) is 12.1 Å². The second-order valence-corrected chi connectivity index (χ2v) is 12.1. The average molecular weight is 472 g/mol. The lowest BCUT2D eigenvalue weighted by molar-refractivity contribution is 0.0975. The molecule has 0 radical (unpaired) electrons. The summed E-state index contributed by atoms with van der Waals surface area (Å²) < 4.78 is 0. The topological polar surface area (TPSA) is 84.2 Å². The molecule has 2 aromatic rings. The van der Waals surface area contributed by atoms with Gasteiger partial charge in [-0.2, -0.15) is 0 Å². The number of thiophene rings is 1. The van der Waals surface area contributed by atoms with Crippen molar-refractivity contribution in [2.24, 2.45) is 17.1 Å². The van der Waals surface area contributed by atoms with Crippen molar-refractivity contribution in [3.05, 3.63) is 51.4 Å². The normalized spacial score (nSPS) is 16.2. The number of nitrogens with two attached hydrogens (primary N) is 1. The van der Waals surface area contributed by atoms with E-state index in [4.69, 9.17) is 18.0 Å². The molecule has 0 aliphatic heterocycles. The average Bonchev–Trinajstić information content (AvgIpc) is 3.03. The highest BCUT2D eigenvalue weighted by molar-refractivity contribution is 7.80. The van der Waals surface area contributed by atoms with Gasteiger partial charge in [0.05, 0.1) is 5.56 Å². The number of fused-ring (bicyclic) bond motifs is 1. The molecule has 4 N–H and O–H groups in total. The SMILES string of the molecule is CC(C)(C)c1ccc(C(=O)NC(=S)Nc2sc3c(c2C(N)=O)CC[C@H](C(C)(C)C)C3)cc1. The summed E-state index contributed by atoms with van der Waals surface area (Å²) >= 11 is 6.89. The summed E-state index contributed by atoms with van der Waals surface area (Å²) in [6.45, 7) is 13.1. The fourth-order valence-electron chi connectivity index (χ4n) is 4.11. The van der Waals surface area contributed by atoms with Crippen molar-refractivity contribution < 1.29 is 9.59 Å². The van der Waals surface area contributed by atoms with Crippen LogP contribution in [0.15, 0.2) is 24.3 Å². The summed E-state index contributed by atoms with van der Waals surface area (Å²) in [4.78, 5) is 26.1. The Balaban J connectivity index is 1.74. The Kier molecular flexibility index (Phi) is 6.82. The van der Waals surface area contributed by atoms with E-state index >= 15 is 0 Å². The first kappa shape index (κ1) is 24.4. The molecule has 1 aromatic heterocycles. The van der Waals surface area contributed by atoms with Crippen LogP contribution in [-0.4, -0.2) is 16.9 Å². The summed E-state index contributed by atoms with van der Waals surface area (Å²) in [7, 11) is 0. The Bertz CT molecular complexity index is 1040. The van der Waals surface area contributed by atoms with Crippen LogP contribution in [0.2, 0.25) is 0 Å². The molecule has 1 aromatic carbocycles. The molecule has 0 saturated carbocycles. The molecule has 0 saturated heterocycles. The van der Waals surface area contributed by atoms with E-state index in [9.17, 15) is 9.59 Å². The Hall–Kier alpha value is -2.25. The quantitative estimate of drug-likeness (QED) is 0.522. The zero-order chi connectivity index (χ0) is 23.8. The summed E-state index contributed by atoms with van der Waals surface area (Å²) in [6, 6.07) is 7.50. The monoisotopic (exact) mass is 471 g/mol. The van der Waals surface area contributed by atoms with Gasteiger partial charge in [-0.3, -0.25) is 14.9 Å². The van der Waals surface area contributed by atoms with Crippen molar-refractivity contribution in [2.45, 2.75) is 66.2 Å². The van der Waals surface area contributed by atoms with Crippen LogP contribution in [0.25, 0.3) is 0 Å². The lowest BCUT2D eigenvalue weighted by Crippen LogP contribution is -2.34. The number of thiocarbonyl (C=S) groups is 1. The van der Waals surface area contributed by atoms with Crippen LogP contribution in [0.1, 0.15) is 84.7 Å². The van der Waals surface area contributed by atoms with Gasteiger partial charge in [0.1, 0.15) is 5.00 Å². The van der Waals surface area contributed by atoms with Gasteiger partial charge in [0.25, 0.3) is 11.8 Å². The number of hydrogen-bond acceptors (Lipinski definition) is 4. The Labute approximate surface area is 200 Å². The van der Waals surface area contributed by atoms with Gasteiger partial charge in [-0.25, -0.2) is 0 Å². The fraction of sp³-hybridized carbons (Fsp3) is 0.480. The van der Waals surface area contributed by atoms with E-state index in [0.29, 0.717) is 22.0 Å². The number of amides is 2. The minimum atomic E-state index is -0.467. The predicted octanol–water partition coefficient (Wildman–Crippen LogP) is 5.42. The number of rotatable bonds is 3. The van der Waals surface area contributed by atoms with E-state index in [1.54, 1.807) is 12.1 Å². The first-order valence-electron chi connectivity index (χ1n) is 10.9. The molecule has 172 valence electrons. The molecule has 32 heavy (non-hydrogen) atoms. The molecule has 2 amide bonds. The van der Waals surface area contributed by atoms with Gasteiger partial charge in [0.2, 0.25) is 0 Å². The highest BCUT2D eigenvalue weighted by Crippen LogP contribution is 2.44. The lowest BCUT2D eigenvalue weighted by Gasteiger charge is -2.33. The molecule has 0 unspecified atom stereocenters. The summed E-state index contributed by atoms with van der Waals surface area (Å²) in [6.07, 6.45) is 2.77. The number of hydrogen-bond donors (Lipinski definition) is 3. The molecular weight excluding hydrogens is 438 g/mol. The Morgan fingerprint density at radius 2 is 1.72 bits per heavy atom. The number of carbonyl (C=O) groups excluding carboxylic acids is 2. The highest BCUT2D eigenvalue weighted by atomic mass is 32.1. The minimum Gasteiger partial charge on any atom is -0.365 e. The largest absolute Gasteiger partial charge is 0.365 e. The molecule has 1 aliphatic rings. The van der Waals surface area contributed by atoms with Gasteiger partial charge < -0.3 is 11.1 Å². The fourth-order valence-corrected chi connectivity index (χ4v) is 5.70. The third-order valence-electron chi connectivity index (χ3n) is 6.20. The highest BCUT2D eigenvalue weighted by Gasteiger charge is 2.33. The molecule has 5 nitrogen and oxygen atoms in total. The van der Waals surface area contributed by atoms with Crippen molar-refractivity contribution in [1.29, 1.82) is 0 Å². The van der Waals surface area contributed by atoms with Gasteiger partial charge in [-0.05, 0) is 71.5 Å². The van der Waals surface area contributed by atoms with Crippen LogP contribution in [0.3, 0.4) is 0 Å². The first-order valence-corrected chi connectivity index (χ1v) is 12.2. The summed E-state index contributed by atoms with van der Waals surface area (Å²) in [5.74, 6) is -0.214. The molecule has 0 spiro atoms. The third kappa shape index (κ3) is 5.38. The summed E-state index contributed by atoms with van der Waals surface area (Å²) in [5.41, 5.74) is 9.14. The lowest BCUT2D eigenvalue weighted by atomic mass is 9.72. The second-order valence-electron chi connectivity index (χ2n) is 10.6. The number of primary amides is 1. The molecular formula is C25H33N3O2S2. The van der Waals surface area contributed by atoms with E-state index in [0.717, 1.165) is 30.4 Å². The molecule has 1 heterocycles. The van der Waals surface area contributed by atoms with Crippen LogP contribution in [0.4, 0.5) is 5.00 Å². The second kappa shape index (κ2) is 8.94. The van der Waals surface area contributed by atoms with Crippen LogP contribution in [-0.2, 0) is 18.3 Å². The third-order valence-corrected chi connectivity index (χ3v) is 7.58. The van der Waals surface area contributed by atoms with Gasteiger partial charge in [0.15, 0.2) is 5.11 Å². The van der Waals surface area contributed by atoms with Gasteiger partial charge >= 0.3 is 0 Å². The number of benzene rings is 1. The minimum absolute atomic E-state index is 0.0152. The van der Waals surface area contributed by atoms with Crippen LogP contribution >= 0.6 is 23.6 Å². The maximum absolute atomic E-state index is 12.6. The predicted molar refractivity (Wildman–Crippen MR) is 137 cm³/mol. The number of nitrogens with one attached hydrogen (secondary N) is 2. The molecule has 1 aliphatic carbocycles. The molecule has 0 bridgehead atoms. The summed E-state index contributed by atoms with van der Waals surface area (Å²) in [5, 5.41) is 6.55. The Morgan fingerprint density at radius 3 is 2.25 bits per heavy atom. The maximum Gasteiger partial charge on any atom is 0.257 e. The van der Waals surface area contributed by atoms with E-state index in [-0.39, 0.29) is 21.8 Å². The smallest absolute Gasteiger partial charge is 0.257 e. The zero-order valence-electron chi connectivity index (χ0n) is 19.7. The zero-order valence-corrected chi connectivity index (χ0v) is 21.4. The Morgan fingerprint density at radius 1 is 1.09 bits per heavy atom. The number of carbonyl (C=O) groups is 2. The molecule has 7 heteroatoms. The van der Waals surface area contributed by atoms with Crippen LogP contribution in [0, 0.1) is 11.3 Å². The van der Waals surface area contributed by atoms with Crippen molar-refractivity contribution in [2.75, 3.05) is 5.32 Å². The standard InChI is InChI=1S/C25H33N3O2S2/c1-24(2,3)15-9-7-14(8-10-15)21(30)27-23(31)28-22-19(20(26)29)17-12-11-16(25(4,5)6)13-18(17)32-22/h7-10,16H,11-13H2,1-6H3,(H2,26,29)(H2,27,28,30,31)/t16-/m0/s1.